The van der Waals surface area contributed by atoms with Gasteiger partial charge in [0.2, 0.25) is 23.7 Å². The Morgan fingerprint density at radius 3 is 2.63 bits per heavy atom. The van der Waals surface area contributed by atoms with E-state index in [1.165, 1.54) is 28.9 Å². The Kier molecular flexibility index (Phi) is 14.1. The molecule has 0 saturated heterocycles. The number of H-pyrrole nitrogens is 1. The fourth-order valence-electron chi connectivity index (χ4n) is 7.25. The fourth-order valence-corrected chi connectivity index (χ4v) is 8.59. The summed E-state index contributed by atoms with van der Waals surface area (Å²) in [4.78, 5) is 69.0. The Bertz CT molecular complexity index is 2250. The second-order valence-corrected chi connectivity index (χ2v) is 15.6. The van der Waals surface area contributed by atoms with Crippen LogP contribution in [0.1, 0.15) is 55.2 Å². The summed E-state index contributed by atoms with van der Waals surface area (Å²) in [6.07, 6.45) is 6.60. The molecule has 3 atom stereocenters. The van der Waals surface area contributed by atoms with Crippen molar-refractivity contribution in [1.29, 1.82) is 0 Å². The SMILES string of the molecule is CN1C(=O)[C@H](CCCCN)CC(=O)[C@H](CCC(N)=O)NCc2cccnc2Sc2c(Cl)ccc(-c3ccnc(F)c3)c2CNC(=O)[C@@H]1Cc1c[nH]c2ccccc12. The molecule has 3 aromatic heterocycles. The number of Topliss-reactive ketones (excluding diaryl/α,β-unsaturated/α-hetero) is 1. The molecule has 7 N–H and O–H groups in total. The fraction of sp³-hybridized carbons (Fsp3) is 0.333. The average molecular weight is 813 g/mol. The number of nitrogens with zero attached hydrogens (tertiary/aromatic N) is 3. The highest BCUT2D eigenvalue weighted by Gasteiger charge is 2.35. The van der Waals surface area contributed by atoms with Crippen molar-refractivity contribution < 1.29 is 23.6 Å². The lowest BCUT2D eigenvalue weighted by Gasteiger charge is -2.31. The summed E-state index contributed by atoms with van der Waals surface area (Å²) in [7, 11) is 1.59. The van der Waals surface area contributed by atoms with Crippen LogP contribution in [0.15, 0.2) is 89.2 Å². The van der Waals surface area contributed by atoms with Gasteiger partial charge in [-0.3, -0.25) is 19.2 Å². The summed E-state index contributed by atoms with van der Waals surface area (Å²) in [5.41, 5.74) is 15.6. The lowest BCUT2D eigenvalue weighted by atomic mass is 9.90. The van der Waals surface area contributed by atoms with Crippen molar-refractivity contribution in [2.24, 2.45) is 17.4 Å². The second-order valence-electron chi connectivity index (χ2n) is 14.2. The summed E-state index contributed by atoms with van der Waals surface area (Å²) < 4.78 is 14.6. The van der Waals surface area contributed by atoms with Crippen LogP contribution in [0.3, 0.4) is 0 Å². The van der Waals surface area contributed by atoms with E-state index in [9.17, 15) is 23.6 Å². The molecule has 0 aliphatic carbocycles. The summed E-state index contributed by atoms with van der Waals surface area (Å²) in [6.45, 7) is 0.592. The summed E-state index contributed by atoms with van der Waals surface area (Å²) in [5.74, 6) is -3.04. The molecule has 4 heterocycles. The molecule has 3 amide bonds. The van der Waals surface area contributed by atoms with Crippen LogP contribution in [0.25, 0.3) is 22.0 Å². The van der Waals surface area contributed by atoms with Crippen molar-refractivity contribution >= 4 is 57.8 Å². The van der Waals surface area contributed by atoms with Gasteiger partial charge in [0.15, 0.2) is 5.78 Å². The number of unbranched alkanes of at least 4 members (excludes halogenated alkanes) is 1. The maximum atomic E-state index is 14.6. The van der Waals surface area contributed by atoms with Gasteiger partial charge < -0.3 is 32.0 Å². The molecular formula is C42H46ClFN8O4S. The smallest absolute Gasteiger partial charge is 0.243 e. The van der Waals surface area contributed by atoms with Gasteiger partial charge in [-0.25, -0.2) is 9.97 Å². The molecule has 1 aliphatic heterocycles. The van der Waals surface area contributed by atoms with Crippen molar-refractivity contribution in [2.45, 2.75) is 80.0 Å². The third-order valence-electron chi connectivity index (χ3n) is 10.4. The van der Waals surface area contributed by atoms with Gasteiger partial charge in [0.05, 0.1) is 11.1 Å². The first kappa shape index (κ1) is 41.5. The Hall–Kier alpha value is -5.15. The normalized spacial score (nSPS) is 18.5. The molecule has 0 spiro atoms. The minimum atomic E-state index is -0.997. The number of amides is 3. The van der Waals surface area contributed by atoms with E-state index < -0.39 is 35.8 Å². The molecule has 6 rings (SSSR count). The number of nitrogens with one attached hydrogen (secondary N) is 3. The topological polar surface area (TPSA) is 189 Å². The number of benzene rings is 2. The minimum absolute atomic E-state index is 0.0263. The van der Waals surface area contributed by atoms with Crippen LogP contribution in [0.2, 0.25) is 5.02 Å². The number of primary amides is 1. The Morgan fingerprint density at radius 2 is 1.84 bits per heavy atom. The van der Waals surface area contributed by atoms with E-state index in [-0.39, 0.29) is 50.5 Å². The van der Waals surface area contributed by atoms with Crippen molar-refractivity contribution in [1.82, 2.24) is 30.5 Å². The van der Waals surface area contributed by atoms with Crippen LogP contribution in [-0.4, -0.2) is 69.0 Å². The quantitative estimate of drug-likeness (QED) is 0.0871. The Labute approximate surface area is 339 Å². The third kappa shape index (κ3) is 10.2. The summed E-state index contributed by atoms with van der Waals surface area (Å²) in [6, 6.07) is 16.0. The van der Waals surface area contributed by atoms with Crippen molar-refractivity contribution in [2.75, 3.05) is 13.6 Å². The van der Waals surface area contributed by atoms with Gasteiger partial charge in [0, 0.05) is 85.8 Å². The summed E-state index contributed by atoms with van der Waals surface area (Å²) >= 11 is 8.22. The largest absolute Gasteiger partial charge is 0.370 e. The van der Waals surface area contributed by atoms with Crippen LogP contribution in [-0.2, 0) is 38.7 Å². The van der Waals surface area contributed by atoms with E-state index in [0.717, 1.165) is 22.0 Å². The Balaban J connectivity index is 1.48. The first-order chi connectivity index (χ1) is 27.5. The number of carbonyl (C=O) groups is 4. The van der Waals surface area contributed by atoms with Gasteiger partial charge in [-0.1, -0.05) is 60.1 Å². The van der Waals surface area contributed by atoms with Gasteiger partial charge in [-0.2, -0.15) is 4.39 Å². The van der Waals surface area contributed by atoms with Crippen LogP contribution in [0.4, 0.5) is 4.39 Å². The van der Waals surface area contributed by atoms with Crippen LogP contribution < -0.4 is 22.1 Å². The van der Waals surface area contributed by atoms with Crippen molar-refractivity contribution in [3.63, 3.8) is 0 Å². The van der Waals surface area contributed by atoms with Crippen molar-refractivity contribution in [3.8, 4) is 11.1 Å². The van der Waals surface area contributed by atoms with E-state index in [2.05, 4.69) is 25.6 Å². The van der Waals surface area contributed by atoms with Gasteiger partial charge in [0.25, 0.3) is 0 Å². The summed E-state index contributed by atoms with van der Waals surface area (Å²) in [5, 5.41) is 8.29. The molecule has 0 saturated carbocycles. The van der Waals surface area contributed by atoms with Gasteiger partial charge in [-0.15, -0.1) is 0 Å². The molecule has 57 heavy (non-hydrogen) atoms. The van der Waals surface area contributed by atoms with Crippen LogP contribution >= 0.6 is 23.4 Å². The zero-order valence-corrected chi connectivity index (χ0v) is 33.2. The number of nitrogens with two attached hydrogens (primary N) is 2. The second kappa shape index (κ2) is 19.3. The number of carbonyl (C=O) groups excluding carboxylic acids is 4. The molecule has 15 heteroatoms. The molecule has 12 nitrogen and oxygen atoms in total. The highest BCUT2D eigenvalue weighted by Crippen LogP contribution is 2.41. The number of para-hydroxylation sites is 1. The van der Waals surface area contributed by atoms with Gasteiger partial charge in [0.1, 0.15) is 11.1 Å². The number of aromatic amines is 1. The monoisotopic (exact) mass is 812 g/mol. The molecule has 2 aromatic carbocycles. The lowest BCUT2D eigenvalue weighted by molar-refractivity contribution is -0.143. The highest BCUT2D eigenvalue weighted by molar-refractivity contribution is 7.99. The third-order valence-corrected chi connectivity index (χ3v) is 12.0. The maximum Gasteiger partial charge on any atom is 0.243 e. The Morgan fingerprint density at radius 1 is 1.02 bits per heavy atom. The molecule has 1 aliphatic rings. The lowest BCUT2D eigenvalue weighted by Crippen LogP contribution is -2.51. The molecule has 0 bridgehead atoms. The molecule has 298 valence electrons. The highest BCUT2D eigenvalue weighted by atomic mass is 35.5. The van der Waals surface area contributed by atoms with Crippen LogP contribution in [0.5, 0.6) is 0 Å². The van der Waals surface area contributed by atoms with Crippen LogP contribution in [0, 0.1) is 11.9 Å². The standard InChI is InChI=1S/C42H46ClFN8O4S/c1-52-35(19-28-23-49-33-10-3-2-9-30(28)33)40(55)51-24-31-29(25-15-18-47-37(44)21-25)11-12-32(43)39(31)57-41-27(8-6-17-48-41)22-50-34(13-14-38(46)54)36(53)20-26(42(52)56)7-4-5-16-45/h2-3,6,8-12,15,17-18,21,23,26,34-35,49-50H,4-5,7,13-14,16,19-20,22,24,45H2,1H3,(H2,46,54)(H,51,55)/t26-,34+,35+/m1/s1. The average Bonchev–Trinajstić information content (AvgIpc) is 3.61. The molecule has 0 unspecified atom stereocenters. The zero-order chi connectivity index (χ0) is 40.5. The molecule has 0 fully saturated rings. The predicted molar refractivity (Wildman–Crippen MR) is 218 cm³/mol. The van der Waals surface area contributed by atoms with E-state index in [4.69, 9.17) is 23.1 Å². The molecule has 0 radical (unpaired) electrons. The van der Waals surface area contributed by atoms with Crippen molar-refractivity contribution in [3.05, 3.63) is 107 Å². The first-order valence-electron chi connectivity index (χ1n) is 18.9. The van der Waals surface area contributed by atoms with Gasteiger partial charge in [-0.05, 0) is 77.9 Å². The number of rotatable bonds is 10. The van der Waals surface area contributed by atoms with Gasteiger partial charge >= 0.3 is 0 Å². The number of halogens is 2. The van der Waals surface area contributed by atoms with E-state index >= 15 is 0 Å². The zero-order valence-electron chi connectivity index (χ0n) is 31.6. The molecule has 5 aromatic rings. The number of aromatic nitrogens is 3. The maximum absolute atomic E-state index is 14.6. The van der Waals surface area contributed by atoms with E-state index in [1.807, 2.05) is 36.5 Å². The number of likely N-dealkylation sites (N-methyl/N-ethyl adjacent to an activating group) is 1. The number of ketones is 1. The van der Waals surface area contributed by atoms with E-state index in [0.29, 0.717) is 57.4 Å². The minimum Gasteiger partial charge on any atom is -0.370 e. The predicted octanol–water partition coefficient (Wildman–Crippen LogP) is 5.70. The molecular weight excluding hydrogens is 767 g/mol. The number of pyridine rings is 2. The first-order valence-corrected chi connectivity index (χ1v) is 20.1. The number of fused-ring (bicyclic) bond motifs is 3. The number of hydrogen-bond acceptors (Lipinski definition) is 9. The van der Waals surface area contributed by atoms with E-state index in [1.54, 1.807) is 37.5 Å². The number of hydrogen-bond donors (Lipinski definition) is 5.